The third kappa shape index (κ3) is 4.67. The van der Waals surface area contributed by atoms with Crippen molar-refractivity contribution in [2.24, 2.45) is 0 Å². The number of phenols is 1. The van der Waals surface area contributed by atoms with Crippen molar-refractivity contribution in [2.45, 2.75) is 82.1 Å². The summed E-state index contributed by atoms with van der Waals surface area (Å²) in [6, 6.07) is 7.00. The molecule has 3 atom stereocenters. The van der Waals surface area contributed by atoms with Gasteiger partial charge in [0.15, 0.2) is 0 Å². The monoisotopic (exact) mass is 605 g/mol. The molecule has 44 heavy (non-hydrogen) atoms. The van der Waals surface area contributed by atoms with E-state index in [1.165, 1.54) is 6.07 Å². The van der Waals surface area contributed by atoms with Crippen molar-refractivity contribution < 1.29 is 23.4 Å². The summed E-state index contributed by atoms with van der Waals surface area (Å²) in [5.74, 6) is 0.835. The van der Waals surface area contributed by atoms with Crippen LogP contribution in [0.3, 0.4) is 0 Å². The van der Waals surface area contributed by atoms with Gasteiger partial charge in [0.2, 0.25) is 0 Å². The van der Waals surface area contributed by atoms with Gasteiger partial charge in [0.1, 0.15) is 30.2 Å². The Bertz CT molecular complexity index is 1600. The fourth-order valence-electron chi connectivity index (χ4n) is 8.63. The Hall–Kier alpha value is -3.24. The number of hydrogen-bond donors (Lipinski definition) is 1. The van der Waals surface area contributed by atoms with Crippen LogP contribution < -0.4 is 14.5 Å². The van der Waals surface area contributed by atoms with E-state index in [1.807, 2.05) is 6.92 Å². The molecule has 1 unspecified atom stereocenters. The van der Waals surface area contributed by atoms with E-state index < -0.39 is 6.17 Å². The number of benzene rings is 2. The van der Waals surface area contributed by atoms with E-state index in [4.69, 9.17) is 19.4 Å². The van der Waals surface area contributed by atoms with Gasteiger partial charge in [-0.1, -0.05) is 13.0 Å². The van der Waals surface area contributed by atoms with Crippen LogP contribution in [0.15, 0.2) is 24.3 Å². The molecule has 4 saturated heterocycles. The molecule has 5 aliphatic heterocycles. The lowest BCUT2D eigenvalue weighted by Crippen LogP contribution is -2.56. The average Bonchev–Trinajstić information content (AvgIpc) is 3.54. The van der Waals surface area contributed by atoms with E-state index in [9.17, 15) is 13.9 Å². The van der Waals surface area contributed by atoms with Crippen molar-refractivity contribution in [1.82, 2.24) is 14.9 Å². The highest BCUT2D eigenvalue weighted by molar-refractivity contribution is 5.98. The van der Waals surface area contributed by atoms with Crippen molar-refractivity contribution in [2.75, 3.05) is 55.7 Å². The SMILES string of the molecule is CCc1c(F)ccc2cc(O)cc(N3CCc4c(nc(OC[C@@]56CCCN5C[C@H](F)C6)nc4N4CCCC5(CCO5)C4)C3)c12. The maximum absolute atomic E-state index is 15.0. The molecule has 2 aromatic carbocycles. The molecule has 6 heterocycles. The lowest BCUT2D eigenvalue weighted by Gasteiger charge is -2.49. The predicted octanol–water partition coefficient (Wildman–Crippen LogP) is 5.31. The van der Waals surface area contributed by atoms with Crippen LogP contribution in [0.25, 0.3) is 10.8 Å². The van der Waals surface area contributed by atoms with Crippen molar-refractivity contribution in [3.63, 3.8) is 0 Å². The van der Waals surface area contributed by atoms with Crippen LogP contribution >= 0.6 is 0 Å². The highest BCUT2D eigenvalue weighted by Gasteiger charge is 2.49. The Morgan fingerprint density at radius 1 is 1.09 bits per heavy atom. The Morgan fingerprint density at radius 3 is 2.77 bits per heavy atom. The van der Waals surface area contributed by atoms with E-state index in [0.29, 0.717) is 57.1 Å². The standard InChI is InChI=1S/C34H41F2N5O3/c1-2-25-27(36)6-5-22-15-24(42)16-29(30(22)25)39-13-7-26-28(19-39)37-32(43-21-33-8-3-12-41(33)18-23(35)17-33)38-31(26)40-11-4-9-34(20-40)10-14-44-34/h5-6,15-16,23,42H,2-4,7-14,17-21H2,1H3/t23-,33+,34?/m1/s1. The molecule has 0 bridgehead atoms. The fraction of sp³-hybridized carbons (Fsp3) is 0.588. The number of phenolic OH excluding ortho intramolecular Hbond substituents is 1. The summed E-state index contributed by atoms with van der Waals surface area (Å²) in [6.45, 7) is 7.40. The number of hydrogen-bond acceptors (Lipinski definition) is 8. The number of halogens is 2. The summed E-state index contributed by atoms with van der Waals surface area (Å²) < 4.78 is 42.0. The molecule has 3 aromatic rings. The number of rotatable bonds is 6. The first kappa shape index (κ1) is 28.2. The molecule has 1 aromatic heterocycles. The summed E-state index contributed by atoms with van der Waals surface area (Å²) in [5, 5.41) is 12.3. The zero-order valence-electron chi connectivity index (χ0n) is 25.5. The van der Waals surface area contributed by atoms with Gasteiger partial charge >= 0.3 is 6.01 Å². The summed E-state index contributed by atoms with van der Waals surface area (Å²) in [7, 11) is 0. The number of piperidine rings is 1. The molecule has 0 aliphatic carbocycles. The van der Waals surface area contributed by atoms with Gasteiger partial charge in [-0.3, -0.25) is 4.90 Å². The maximum atomic E-state index is 15.0. The summed E-state index contributed by atoms with van der Waals surface area (Å²) in [5.41, 5.74) is 3.07. The number of aromatic hydroxyl groups is 1. The molecule has 8 rings (SSSR count). The van der Waals surface area contributed by atoms with Gasteiger partial charge in [0, 0.05) is 61.7 Å². The third-order valence-electron chi connectivity index (χ3n) is 10.9. The van der Waals surface area contributed by atoms with Gasteiger partial charge in [0.25, 0.3) is 0 Å². The van der Waals surface area contributed by atoms with Crippen molar-refractivity contribution >= 4 is 22.3 Å². The van der Waals surface area contributed by atoms with Crippen LogP contribution in [-0.2, 0) is 24.1 Å². The zero-order valence-corrected chi connectivity index (χ0v) is 25.5. The Balaban J connectivity index is 1.16. The number of nitrogens with zero attached hydrogens (tertiary/aromatic N) is 5. The van der Waals surface area contributed by atoms with Crippen LogP contribution in [0.4, 0.5) is 20.3 Å². The van der Waals surface area contributed by atoms with Crippen LogP contribution in [0.5, 0.6) is 11.8 Å². The van der Waals surface area contributed by atoms with Crippen molar-refractivity contribution in [3.8, 4) is 11.8 Å². The number of fused-ring (bicyclic) bond motifs is 3. The Labute approximate surface area is 257 Å². The van der Waals surface area contributed by atoms with Crippen molar-refractivity contribution in [3.05, 3.63) is 46.9 Å². The van der Waals surface area contributed by atoms with Crippen LogP contribution in [-0.4, -0.2) is 83.2 Å². The van der Waals surface area contributed by atoms with Crippen LogP contribution in [0, 0.1) is 5.82 Å². The number of anilines is 2. The van der Waals surface area contributed by atoms with Crippen LogP contribution in [0.2, 0.25) is 0 Å². The van der Waals surface area contributed by atoms with E-state index in [1.54, 1.807) is 18.2 Å². The quantitative estimate of drug-likeness (QED) is 0.405. The molecule has 8 nitrogen and oxygen atoms in total. The number of aromatic nitrogens is 2. The molecule has 5 aliphatic rings. The smallest absolute Gasteiger partial charge is 0.318 e. The second-order valence-electron chi connectivity index (χ2n) is 13.5. The number of ether oxygens (including phenoxy) is 2. The first-order valence-electron chi connectivity index (χ1n) is 16.3. The highest BCUT2D eigenvalue weighted by atomic mass is 19.1. The topological polar surface area (TPSA) is 74.2 Å². The largest absolute Gasteiger partial charge is 0.508 e. The van der Waals surface area contributed by atoms with E-state index >= 15 is 0 Å². The first-order chi connectivity index (χ1) is 21.4. The van der Waals surface area contributed by atoms with E-state index in [2.05, 4.69) is 14.7 Å². The van der Waals surface area contributed by atoms with Gasteiger partial charge in [-0.05, 0) is 68.2 Å². The van der Waals surface area contributed by atoms with Gasteiger partial charge in [0.05, 0.1) is 30.0 Å². The van der Waals surface area contributed by atoms with E-state index in [0.717, 1.165) is 91.9 Å². The average molecular weight is 606 g/mol. The van der Waals surface area contributed by atoms with Gasteiger partial charge in [-0.2, -0.15) is 9.97 Å². The van der Waals surface area contributed by atoms with Crippen molar-refractivity contribution in [1.29, 1.82) is 0 Å². The molecule has 4 fully saturated rings. The van der Waals surface area contributed by atoms with Crippen LogP contribution in [0.1, 0.15) is 62.3 Å². The summed E-state index contributed by atoms with van der Waals surface area (Å²) in [4.78, 5) is 16.8. The third-order valence-corrected chi connectivity index (χ3v) is 10.9. The summed E-state index contributed by atoms with van der Waals surface area (Å²) in [6.07, 6.45) is 6.08. The Kier molecular flexibility index (Phi) is 6.86. The minimum absolute atomic E-state index is 0.0950. The Morgan fingerprint density at radius 2 is 1.95 bits per heavy atom. The molecule has 0 amide bonds. The second kappa shape index (κ2) is 10.7. The molecular weight excluding hydrogens is 564 g/mol. The maximum Gasteiger partial charge on any atom is 0.318 e. The lowest BCUT2D eigenvalue weighted by molar-refractivity contribution is -0.151. The van der Waals surface area contributed by atoms with Gasteiger partial charge in [-0.25, -0.2) is 8.78 Å². The number of alkyl halides is 1. The van der Waals surface area contributed by atoms with Gasteiger partial charge < -0.3 is 24.4 Å². The minimum atomic E-state index is -0.825. The molecule has 10 heteroatoms. The number of aryl methyl sites for hydroxylation is 1. The zero-order chi connectivity index (χ0) is 30.1. The molecule has 1 N–H and O–H groups in total. The minimum Gasteiger partial charge on any atom is -0.508 e. The first-order valence-corrected chi connectivity index (χ1v) is 16.3. The predicted molar refractivity (Wildman–Crippen MR) is 165 cm³/mol. The lowest BCUT2D eigenvalue weighted by atomic mass is 9.85. The molecule has 234 valence electrons. The summed E-state index contributed by atoms with van der Waals surface area (Å²) >= 11 is 0. The highest BCUT2D eigenvalue weighted by Crippen LogP contribution is 2.43. The van der Waals surface area contributed by atoms with Gasteiger partial charge in [-0.15, -0.1) is 0 Å². The fourth-order valence-corrected chi connectivity index (χ4v) is 8.63. The molecule has 0 radical (unpaired) electrons. The molecule has 0 saturated carbocycles. The van der Waals surface area contributed by atoms with E-state index in [-0.39, 0.29) is 22.7 Å². The molecule has 1 spiro atoms. The molecular formula is C34H41F2N5O3. The second-order valence-corrected chi connectivity index (χ2v) is 13.5. The normalized spacial score (nSPS) is 28.4.